The Balaban J connectivity index is 3.57. The molecule has 0 amide bonds. The van der Waals surface area contributed by atoms with E-state index in [-0.39, 0.29) is 25.2 Å². The molecular formula is C46H78O5. The molecule has 0 aromatic carbocycles. The molecule has 0 heterocycles. The van der Waals surface area contributed by atoms with Crippen LogP contribution >= 0.6 is 0 Å². The predicted molar refractivity (Wildman–Crippen MR) is 219 cm³/mol. The minimum absolute atomic E-state index is 0.0777. The van der Waals surface area contributed by atoms with Gasteiger partial charge >= 0.3 is 11.9 Å². The van der Waals surface area contributed by atoms with Crippen LogP contribution in [0.2, 0.25) is 0 Å². The quantitative estimate of drug-likeness (QED) is 0.0395. The Kier molecular flexibility index (Phi) is 39.6. The van der Waals surface area contributed by atoms with Crippen molar-refractivity contribution in [2.24, 2.45) is 0 Å². The van der Waals surface area contributed by atoms with Gasteiger partial charge in [0.25, 0.3) is 0 Å². The van der Waals surface area contributed by atoms with Crippen LogP contribution in [0.1, 0.15) is 187 Å². The maximum absolute atomic E-state index is 12.2. The molecule has 0 aliphatic carbocycles. The third-order valence-corrected chi connectivity index (χ3v) is 8.73. The van der Waals surface area contributed by atoms with Crippen LogP contribution in [0, 0.1) is 0 Å². The van der Waals surface area contributed by atoms with Crippen LogP contribution in [-0.4, -0.2) is 36.4 Å². The highest BCUT2D eigenvalue weighted by Gasteiger charge is 2.16. The molecule has 0 rings (SSSR count). The Labute approximate surface area is 314 Å². The summed E-state index contributed by atoms with van der Waals surface area (Å²) in [5, 5.41) is 9.57. The maximum Gasteiger partial charge on any atom is 0.306 e. The van der Waals surface area contributed by atoms with Crippen LogP contribution in [0.25, 0.3) is 0 Å². The predicted octanol–water partition coefficient (Wildman–Crippen LogP) is 13.3. The topological polar surface area (TPSA) is 72.8 Å². The van der Waals surface area contributed by atoms with E-state index in [4.69, 9.17) is 9.47 Å². The van der Waals surface area contributed by atoms with E-state index in [9.17, 15) is 14.7 Å². The van der Waals surface area contributed by atoms with Crippen molar-refractivity contribution in [3.63, 3.8) is 0 Å². The lowest BCUT2D eigenvalue weighted by molar-refractivity contribution is -0.161. The first-order valence-corrected chi connectivity index (χ1v) is 21.0. The van der Waals surface area contributed by atoms with Crippen LogP contribution in [0.4, 0.5) is 0 Å². The third kappa shape index (κ3) is 40.0. The SMILES string of the molecule is CC/C=C\C/C=C\C/C=C\C/C=C\CCCCCCCCCCCCC(=O)OC(CO)COC(=O)CCCCCCC/C=C\C/C=C\CCCC. The van der Waals surface area contributed by atoms with E-state index in [1.54, 1.807) is 0 Å². The van der Waals surface area contributed by atoms with E-state index in [1.165, 1.54) is 83.5 Å². The number of aliphatic hydroxyl groups is 1. The van der Waals surface area contributed by atoms with Crippen LogP contribution in [0.5, 0.6) is 0 Å². The number of carbonyl (C=O) groups excluding carboxylic acids is 2. The molecule has 292 valence electrons. The summed E-state index contributed by atoms with van der Waals surface area (Å²) in [5.41, 5.74) is 0. The summed E-state index contributed by atoms with van der Waals surface area (Å²) < 4.78 is 10.6. The number of allylic oxidation sites excluding steroid dienone is 12. The average molecular weight is 711 g/mol. The van der Waals surface area contributed by atoms with Crippen molar-refractivity contribution in [3.8, 4) is 0 Å². The Hall–Kier alpha value is -2.66. The lowest BCUT2D eigenvalue weighted by atomic mass is 10.0. The fourth-order valence-electron chi connectivity index (χ4n) is 5.56. The molecule has 0 saturated carbocycles. The third-order valence-electron chi connectivity index (χ3n) is 8.73. The molecule has 0 fully saturated rings. The smallest absolute Gasteiger partial charge is 0.306 e. The lowest BCUT2D eigenvalue weighted by Gasteiger charge is -2.15. The molecule has 0 bridgehead atoms. The van der Waals surface area contributed by atoms with Gasteiger partial charge in [0.15, 0.2) is 6.10 Å². The maximum atomic E-state index is 12.2. The van der Waals surface area contributed by atoms with E-state index in [1.807, 2.05) is 0 Å². The summed E-state index contributed by atoms with van der Waals surface area (Å²) >= 11 is 0. The van der Waals surface area contributed by atoms with E-state index in [0.29, 0.717) is 12.8 Å². The van der Waals surface area contributed by atoms with Gasteiger partial charge in [0, 0.05) is 12.8 Å². The van der Waals surface area contributed by atoms with Gasteiger partial charge in [-0.1, -0.05) is 170 Å². The minimum Gasteiger partial charge on any atom is -0.462 e. The zero-order valence-corrected chi connectivity index (χ0v) is 33.1. The van der Waals surface area contributed by atoms with Gasteiger partial charge in [-0.3, -0.25) is 9.59 Å². The highest BCUT2D eigenvalue weighted by Crippen LogP contribution is 2.13. The van der Waals surface area contributed by atoms with Gasteiger partial charge < -0.3 is 14.6 Å². The molecule has 0 aliphatic heterocycles. The number of hydrogen-bond donors (Lipinski definition) is 1. The molecule has 0 spiro atoms. The summed E-state index contributed by atoms with van der Waals surface area (Å²) in [6.07, 6.45) is 55.4. The first kappa shape index (κ1) is 48.3. The molecule has 0 aromatic heterocycles. The molecule has 1 unspecified atom stereocenters. The lowest BCUT2D eigenvalue weighted by Crippen LogP contribution is -2.28. The van der Waals surface area contributed by atoms with E-state index < -0.39 is 6.10 Å². The highest BCUT2D eigenvalue weighted by atomic mass is 16.6. The fraction of sp³-hybridized carbons (Fsp3) is 0.696. The number of esters is 2. The Morgan fingerprint density at radius 3 is 1.27 bits per heavy atom. The van der Waals surface area contributed by atoms with E-state index >= 15 is 0 Å². The molecule has 5 nitrogen and oxygen atoms in total. The van der Waals surface area contributed by atoms with Gasteiger partial charge in [-0.2, -0.15) is 0 Å². The summed E-state index contributed by atoms with van der Waals surface area (Å²) in [4.78, 5) is 24.3. The number of carbonyl (C=O) groups is 2. The summed E-state index contributed by atoms with van der Waals surface area (Å²) in [5.74, 6) is -0.616. The highest BCUT2D eigenvalue weighted by molar-refractivity contribution is 5.70. The monoisotopic (exact) mass is 711 g/mol. The van der Waals surface area contributed by atoms with E-state index in [0.717, 1.165) is 77.0 Å². The Morgan fingerprint density at radius 1 is 0.471 bits per heavy atom. The molecule has 1 atom stereocenters. The van der Waals surface area contributed by atoms with Crippen molar-refractivity contribution < 1.29 is 24.2 Å². The average Bonchev–Trinajstić information content (AvgIpc) is 3.13. The van der Waals surface area contributed by atoms with Crippen molar-refractivity contribution in [2.75, 3.05) is 13.2 Å². The minimum atomic E-state index is -0.782. The number of ether oxygens (including phenoxy) is 2. The zero-order valence-electron chi connectivity index (χ0n) is 33.1. The summed E-state index contributed by atoms with van der Waals surface area (Å²) in [6.45, 7) is 3.96. The van der Waals surface area contributed by atoms with Gasteiger partial charge in [0.2, 0.25) is 0 Å². The molecular weight excluding hydrogens is 633 g/mol. The standard InChI is InChI=1S/C46H78O5/c1-3-5-7-9-11-13-15-17-19-20-21-22-23-24-25-26-27-29-31-33-35-37-39-41-46(49)51-44(42-47)43-50-45(48)40-38-36-34-32-30-28-18-16-14-12-10-8-6-4-2/h5,7,10-13,16-19,21-22,44,47H,3-4,6,8-9,14-15,20,23-43H2,1-2H3/b7-5-,12-10-,13-11-,18-16-,19-17-,22-21-. The number of hydrogen-bond acceptors (Lipinski definition) is 5. The van der Waals surface area contributed by atoms with Crippen molar-refractivity contribution in [1.29, 1.82) is 0 Å². The van der Waals surface area contributed by atoms with E-state index in [2.05, 4.69) is 86.8 Å². The molecule has 0 aromatic rings. The van der Waals surface area contributed by atoms with Crippen LogP contribution in [0.15, 0.2) is 72.9 Å². The second-order valence-electron chi connectivity index (χ2n) is 13.7. The first-order chi connectivity index (χ1) is 25.1. The van der Waals surface area contributed by atoms with Crippen LogP contribution < -0.4 is 0 Å². The van der Waals surface area contributed by atoms with Crippen LogP contribution in [-0.2, 0) is 19.1 Å². The molecule has 51 heavy (non-hydrogen) atoms. The second-order valence-corrected chi connectivity index (χ2v) is 13.7. The van der Waals surface area contributed by atoms with Gasteiger partial charge in [-0.15, -0.1) is 0 Å². The van der Waals surface area contributed by atoms with Gasteiger partial charge in [-0.25, -0.2) is 0 Å². The van der Waals surface area contributed by atoms with Crippen molar-refractivity contribution in [2.45, 2.75) is 193 Å². The molecule has 0 radical (unpaired) electrons. The first-order valence-electron chi connectivity index (χ1n) is 21.0. The number of aliphatic hydroxyl groups excluding tert-OH is 1. The Morgan fingerprint density at radius 2 is 0.843 bits per heavy atom. The van der Waals surface area contributed by atoms with Gasteiger partial charge in [0.1, 0.15) is 6.61 Å². The van der Waals surface area contributed by atoms with Crippen molar-refractivity contribution in [3.05, 3.63) is 72.9 Å². The Bertz CT molecular complexity index is 941. The van der Waals surface area contributed by atoms with Crippen molar-refractivity contribution in [1.82, 2.24) is 0 Å². The zero-order chi connectivity index (χ0) is 37.1. The van der Waals surface area contributed by atoms with Crippen molar-refractivity contribution >= 4 is 11.9 Å². The molecule has 0 saturated heterocycles. The van der Waals surface area contributed by atoms with Gasteiger partial charge in [-0.05, 0) is 77.0 Å². The largest absolute Gasteiger partial charge is 0.462 e. The van der Waals surface area contributed by atoms with Crippen LogP contribution in [0.3, 0.4) is 0 Å². The normalized spacial score (nSPS) is 12.9. The molecule has 5 heteroatoms. The molecule has 0 aliphatic rings. The number of unbranched alkanes of at least 4 members (excludes halogenated alkanes) is 17. The summed E-state index contributed by atoms with van der Waals surface area (Å²) in [7, 11) is 0. The fourth-order valence-corrected chi connectivity index (χ4v) is 5.56. The number of rotatable bonds is 37. The second kappa shape index (κ2) is 41.8. The summed E-state index contributed by atoms with van der Waals surface area (Å²) in [6, 6.07) is 0. The molecule has 1 N–H and O–H groups in total. The van der Waals surface area contributed by atoms with Gasteiger partial charge in [0.05, 0.1) is 6.61 Å².